The number of carboxylic acid groups (broad SMARTS) is 1. The molecule has 0 bridgehead atoms. The Bertz CT molecular complexity index is 923. The quantitative estimate of drug-likeness (QED) is 0.525. The van der Waals surface area contributed by atoms with Gasteiger partial charge in [-0.25, -0.2) is 8.42 Å². The van der Waals surface area contributed by atoms with Crippen LogP contribution < -0.4 is 4.72 Å². The smallest absolute Gasteiger partial charge is 0.322 e. The first-order chi connectivity index (χ1) is 12.7. The van der Waals surface area contributed by atoms with E-state index >= 15 is 0 Å². The molecule has 2 aromatic rings. The van der Waals surface area contributed by atoms with Gasteiger partial charge >= 0.3 is 5.97 Å². The summed E-state index contributed by atoms with van der Waals surface area (Å²) in [5.74, 6) is -1.59. The van der Waals surface area contributed by atoms with Gasteiger partial charge in [-0.2, -0.15) is 4.72 Å². The van der Waals surface area contributed by atoms with Crippen LogP contribution in [0.2, 0.25) is 0 Å². The average Bonchev–Trinajstić information content (AvgIpc) is 2.65. The van der Waals surface area contributed by atoms with Gasteiger partial charge in [-0.15, -0.1) is 0 Å². The molecule has 0 fully saturated rings. The fourth-order valence-corrected chi connectivity index (χ4v) is 3.78. The minimum Gasteiger partial charge on any atom is -0.480 e. The van der Waals surface area contributed by atoms with Crippen molar-refractivity contribution in [3.05, 3.63) is 58.6 Å². The summed E-state index contributed by atoms with van der Waals surface area (Å²) >= 11 is 0. The SMILES string of the molecule is CCC(C)C(NS(=O)(=O)c1ccc(-c2ccc([N+](=O)[O-])cc2)cc1)C(=O)O. The van der Waals surface area contributed by atoms with Crippen LogP contribution in [-0.2, 0) is 14.8 Å². The van der Waals surface area contributed by atoms with Gasteiger partial charge in [0.15, 0.2) is 0 Å². The third kappa shape index (κ3) is 4.89. The Kier molecular flexibility index (Phi) is 6.29. The molecule has 0 spiro atoms. The van der Waals surface area contributed by atoms with Gasteiger partial charge in [-0.05, 0) is 41.3 Å². The first-order valence-corrected chi connectivity index (χ1v) is 9.74. The lowest BCUT2D eigenvalue weighted by Gasteiger charge is -2.20. The number of carbonyl (C=O) groups is 1. The topological polar surface area (TPSA) is 127 Å². The van der Waals surface area contributed by atoms with E-state index in [1.807, 2.05) is 0 Å². The zero-order valence-corrected chi connectivity index (χ0v) is 15.6. The van der Waals surface area contributed by atoms with E-state index in [1.165, 1.54) is 24.3 Å². The molecule has 2 aromatic carbocycles. The molecule has 0 aliphatic carbocycles. The molecule has 0 heterocycles. The third-order valence-corrected chi connectivity index (χ3v) is 5.79. The maximum atomic E-state index is 12.5. The van der Waals surface area contributed by atoms with Gasteiger partial charge in [-0.3, -0.25) is 14.9 Å². The molecule has 0 amide bonds. The molecule has 0 aliphatic rings. The van der Waals surface area contributed by atoms with Crippen molar-refractivity contribution in [3.8, 4) is 11.1 Å². The number of nitrogens with one attached hydrogen (secondary N) is 1. The van der Waals surface area contributed by atoms with E-state index in [4.69, 9.17) is 0 Å². The van der Waals surface area contributed by atoms with Crippen molar-refractivity contribution < 1.29 is 23.2 Å². The molecule has 2 unspecified atom stereocenters. The number of non-ortho nitro benzene ring substituents is 1. The molecule has 0 saturated heterocycles. The first-order valence-electron chi connectivity index (χ1n) is 8.25. The van der Waals surface area contributed by atoms with Crippen LogP contribution in [0.4, 0.5) is 5.69 Å². The Balaban J connectivity index is 2.24. The number of nitro benzene ring substituents is 1. The lowest BCUT2D eigenvalue weighted by molar-refractivity contribution is -0.384. The van der Waals surface area contributed by atoms with Gasteiger partial charge in [0, 0.05) is 12.1 Å². The van der Waals surface area contributed by atoms with E-state index in [1.54, 1.807) is 38.1 Å². The predicted molar refractivity (Wildman–Crippen MR) is 99.7 cm³/mol. The zero-order valence-electron chi connectivity index (χ0n) is 14.8. The Morgan fingerprint density at radius 2 is 1.59 bits per heavy atom. The van der Waals surface area contributed by atoms with Gasteiger partial charge in [0.2, 0.25) is 10.0 Å². The van der Waals surface area contributed by atoms with Crippen molar-refractivity contribution in [2.45, 2.75) is 31.2 Å². The van der Waals surface area contributed by atoms with Crippen LogP contribution in [0, 0.1) is 16.0 Å². The average molecular weight is 392 g/mol. The molecule has 9 heteroatoms. The summed E-state index contributed by atoms with van der Waals surface area (Å²) < 4.78 is 27.2. The Morgan fingerprint density at radius 3 is 2.00 bits per heavy atom. The maximum absolute atomic E-state index is 12.5. The van der Waals surface area contributed by atoms with Crippen molar-refractivity contribution in [2.24, 2.45) is 5.92 Å². The molecule has 2 rings (SSSR count). The van der Waals surface area contributed by atoms with Gasteiger partial charge < -0.3 is 5.11 Å². The second-order valence-electron chi connectivity index (χ2n) is 6.15. The summed E-state index contributed by atoms with van der Waals surface area (Å²) in [5, 5.41) is 20.0. The van der Waals surface area contributed by atoms with E-state index in [2.05, 4.69) is 4.72 Å². The minimum absolute atomic E-state index is 0.0353. The molecule has 2 atom stereocenters. The van der Waals surface area contributed by atoms with Crippen LogP contribution in [0.5, 0.6) is 0 Å². The molecule has 0 aliphatic heterocycles. The zero-order chi connectivity index (χ0) is 20.2. The molecule has 2 N–H and O–H groups in total. The number of hydrogen-bond acceptors (Lipinski definition) is 5. The number of carboxylic acids is 1. The molecule has 0 radical (unpaired) electrons. The van der Waals surface area contributed by atoms with E-state index in [0.29, 0.717) is 17.5 Å². The summed E-state index contributed by atoms with van der Waals surface area (Å²) in [6.07, 6.45) is 0.512. The van der Waals surface area contributed by atoms with Crippen molar-refractivity contribution >= 4 is 21.7 Å². The summed E-state index contributed by atoms with van der Waals surface area (Å²) in [4.78, 5) is 21.5. The number of aliphatic carboxylic acids is 1. The van der Waals surface area contributed by atoms with Gasteiger partial charge in [0.05, 0.1) is 9.82 Å². The number of rotatable bonds is 8. The molecule has 27 heavy (non-hydrogen) atoms. The van der Waals surface area contributed by atoms with E-state index in [9.17, 15) is 28.4 Å². The summed E-state index contributed by atoms with van der Waals surface area (Å²) in [7, 11) is -4.00. The Morgan fingerprint density at radius 1 is 1.11 bits per heavy atom. The maximum Gasteiger partial charge on any atom is 0.322 e. The molecule has 144 valence electrons. The van der Waals surface area contributed by atoms with E-state index < -0.39 is 27.0 Å². The fourth-order valence-electron chi connectivity index (χ4n) is 2.48. The highest BCUT2D eigenvalue weighted by Crippen LogP contribution is 2.24. The molecule has 0 saturated carbocycles. The Hall–Kier alpha value is -2.78. The van der Waals surface area contributed by atoms with Crippen LogP contribution in [-0.4, -0.2) is 30.5 Å². The van der Waals surface area contributed by atoms with Crippen molar-refractivity contribution in [3.63, 3.8) is 0 Å². The Labute approximate surface area is 157 Å². The highest BCUT2D eigenvalue weighted by Gasteiger charge is 2.29. The normalized spacial score (nSPS) is 13.7. The van der Waals surface area contributed by atoms with Crippen molar-refractivity contribution in [1.29, 1.82) is 0 Å². The summed E-state index contributed by atoms with van der Waals surface area (Å²) in [5.41, 5.74) is 1.34. The predicted octanol–water partition coefficient (Wildman–Crippen LogP) is 3.04. The summed E-state index contributed by atoms with van der Waals surface area (Å²) in [6.45, 7) is 3.45. The molecule has 8 nitrogen and oxygen atoms in total. The standard InChI is InChI=1S/C18H20N2O6S/c1-3-12(2)17(18(21)22)19-27(25,26)16-10-6-14(7-11-16)13-4-8-15(9-5-13)20(23)24/h4-12,17,19H,3H2,1-2H3,(H,21,22). The summed E-state index contributed by atoms with van der Waals surface area (Å²) in [6, 6.07) is 10.5. The largest absolute Gasteiger partial charge is 0.480 e. The molecular weight excluding hydrogens is 372 g/mol. The second-order valence-corrected chi connectivity index (χ2v) is 7.87. The van der Waals surface area contributed by atoms with Crippen LogP contribution >= 0.6 is 0 Å². The number of hydrogen-bond donors (Lipinski definition) is 2. The third-order valence-electron chi connectivity index (χ3n) is 4.34. The van der Waals surface area contributed by atoms with Crippen molar-refractivity contribution in [2.75, 3.05) is 0 Å². The minimum atomic E-state index is -4.00. The number of sulfonamides is 1. The van der Waals surface area contributed by atoms with Crippen LogP contribution in [0.3, 0.4) is 0 Å². The highest BCUT2D eigenvalue weighted by molar-refractivity contribution is 7.89. The number of benzene rings is 2. The number of nitrogens with zero attached hydrogens (tertiary/aromatic N) is 1. The second kappa shape index (κ2) is 8.28. The van der Waals surface area contributed by atoms with Crippen LogP contribution in [0.1, 0.15) is 20.3 Å². The molecular formula is C18H20N2O6S. The monoisotopic (exact) mass is 392 g/mol. The molecule has 0 aromatic heterocycles. The van der Waals surface area contributed by atoms with Gasteiger partial charge in [0.1, 0.15) is 6.04 Å². The highest BCUT2D eigenvalue weighted by atomic mass is 32.2. The van der Waals surface area contributed by atoms with Gasteiger partial charge in [0.25, 0.3) is 5.69 Å². The van der Waals surface area contributed by atoms with Crippen molar-refractivity contribution in [1.82, 2.24) is 4.72 Å². The lowest BCUT2D eigenvalue weighted by atomic mass is 10.0. The van der Waals surface area contributed by atoms with Crippen LogP contribution in [0.25, 0.3) is 11.1 Å². The number of nitro groups is 1. The lowest BCUT2D eigenvalue weighted by Crippen LogP contribution is -2.44. The first kappa shape index (κ1) is 20.5. The van der Waals surface area contributed by atoms with Gasteiger partial charge in [-0.1, -0.05) is 32.4 Å². The van der Waals surface area contributed by atoms with E-state index in [-0.39, 0.29) is 16.5 Å². The van der Waals surface area contributed by atoms with Crippen LogP contribution in [0.15, 0.2) is 53.4 Å². The van der Waals surface area contributed by atoms with E-state index in [0.717, 1.165) is 0 Å². The fraction of sp³-hybridized carbons (Fsp3) is 0.278.